The lowest BCUT2D eigenvalue weighted by Crippen LogP contribution is -2.27. The van der Waals surface area contributed by atoms with Crippen LogP contribution < -0.4 is 5.32 Å². The van der Waals surface area contributed by atoms with Crippen molar-refractivity contribution in [2.45, 2.75) is 12.8 Å². The van der Waals surface area contributed by atoms with Gasteiger partial charge in [0, 0.05) is 13.0 Å². The van der Waals surface area contributed by atoms with Crippen LogP contribution in [0.3, 0.4) is 0 Å². The number of carbonyl (C=O) groups is 1. The Morgan fingerprint density at radius 1 is 1.14 bits per heavy atom. The Morgan fingerprint density at radius 3 is 2.68 bits per heavy atom. The smallest absolute Gasteiger partial charge is 0.224 e. The summed E-state index contributed by atoms with van der Waals surface area (Å²) in [4.78, 5) is 19.6. The molecule has 2 aromatic carbocycles. The largest absolute Gasteiger partial charge is 0.508 e. The van der Waals surface area contributed by atoms with Crippen molar-refractivity contribution in [3.63, 3.8) is 0 Å². The molecule has 0 bridgehead atoms. The predicted molar refractivity (Wildman–Crippen MR) is 84.6 cm³/mol. The molecule has 0 spiro atoms. The Hall–Kier alpha value is -2.82. The molecule has 1 aromatic heterocycles. The third kappa shape index (κ3) is 3.44. The van der Waals surface area contributed by atoms with E-state index in [0.717, 1.165) is 22.4 Å². The number of amides is 1. The molecule has 0 aliphatic carbocycles. The first kappa shape index (κ1) is 14.1. The van der Waals surface area contributed by atoms with Crippen LogP contribution in [0.15, 0.2) is 48.5 Å². The van der Waals surface area contributed by atoms with Gasteiger partial charge < -0.3 is 15.4 Å². The van der Waals surface area contributed by atoms with E-state index in [1.165, 1.54) is 0 Å². The summed E-state index contributed by atoms with van der Waals surface area (Å²) in [6, 6.07) is 14.5. The summed E-state index contributed by atoms with van der Waals surface area (Å²) in [6.45, 7) is 0.538. The van der Waals surface area contributed by atoms with E-state index in [9.17, 15) is 9.90 Å². The maximum Gasteiger partial charge on any atom is 0.224 e. The van der Waals surface area contributed by atoms with Gasteiger partial charge >= 0.3 is 0 Å². The number of phenols is 1. The maximum atomic E-state index is 11.9. The first-order valence-corrected chi connectivity index (χ1v) is 7.19. The van der Waals surface area contributed by atoms with E-state index < -0.39 is 0 Å². The number of aromatic hydroxyl groups is 1. The summed E-state index contributed by atoms with van der Waals surface area (Å²) < 4.78 is 0. The number of imidazole rings is 1. The average molecular weight is 295 g/mol. The van der Waals surface area contributed by atoms with Crippen molar-refractivity contribution in [2.75, 3.05) is 6.54 Å². The second-order valence-corrected chi connectivity index (χ2v) is 5.14. The Labute approximate surface area is 128 Å². The lowest BCUT2D eigenvalue weighted by Gasteiger charge is -2.04. The fraction of sp³-hybridized carbons (Fsp3) is 0.176. The van der Waals surface area contributed by atoms with Crippen LogP contribution in [0.25, 0.3) is 11.0 Å². The summed E-state index contributed by atoms with van der Waals surface area (Å²) in [5, 5.41) is 12.1. The molecule has 0 aliphatic rings. The van der Waals surface area contributed by atoms with E-state index in [-0.39, 0.29) is 11.7 Å². The van der Waals surface area contributed by atoms with Crippen molar-refractivity contribution in [1.29, 1.82) is 0 Å². The van der Waals surface area contributed by atoms with Crippen LogP contribution in [-0.4, -0.2) is 27.5 Å². The molecule has 5 nitrogen and oxygen atoms in total. The number of phenolic OH excluding ortho intramolecular Hbond substituents is 1. The lowest BCUT2D eigenvalue weighted by molar-refractivity contribution is -0.120. The lowest BCUT2D eigenvalue weighted by atomic mass is 10.1. The van der Waals surface area contributed by atoms with E-state index in [1.54, 1.807) is 24.3 Å². The molecule has 0 saturated heterocycles. The number of aromatic amines is 1. The highest BCUT2D eigenvalue weighted by atomic mass is 16.3. The van der Waals surface area contributed by atoms with Gasteiger partial charge in [0.05, 0.1) is 17.5 Å². The molecule has 1 heterocycles. The number of benzene rings is 2. The molecule has 0 atom stereocenters. The fourth-order valence-corrected chi connectivity index (χ4v) is 2.31. The second kappa shape index (κ2) is 6.30. The monoisotopic (exact) mass is 295 g/mol. The van der Waals surface area contributed by atoms with Crippen molar-refractivity contribution in [1.82, 2.24) is 15.3 Å². The number of rotatable bonds is 5. The van der Waals surface area contributed by atoms with Crippen molar-refractivity contribution in [3.8, 4) is 5.75 Å². The molecule has 0 saturated carbocycles. The minimum atomic E-state index is -0.0400. The number of nitrogens with zero attached hydrogens (tertiary/aromatic N) is 1. The molecule has 3 aromatic rings. The molecule has 112 valence electrons. The fourth-order valence-electron chi connectivity index (χ4n) is 2.31. The standard InChI is InChI=1S/C17H17N3O2/c21-13-7-5-12(6-8-13)11-17(22)18-10-9-16-19-14-3-1-2-4-15(14)20-16/h1-8,21H,9-11H2,(H,18,22)(H,19,20). The molecule has 3 N–H and O–H groups in total. The van der Waals surface area contributed by atoms with Gasteiger partial charge in [0.2, 0.25) is 5.91 Å². The third-order valence-electron chi connectivity index (χ3n) is 3.42. The average Bonchev–Trinajstić information content (AvgIpc) is 2.92. The van der Waals surface area contributed by atoms with Crippen LogP contribution in [0.2, 0.25) is 0 Å². The van der Waals surface area contributed by atoms with Gasteiger partial charge in [0.1, 0.15) is 11.6 Å². The number of aromatic nitrogens is 2. The summed E-state index contributed by atoms with van der Waals surface area (Å²) in [5.74, 6) is 1.03. The van der Waals surface area contributed by atoms with Gasteiger partial charge in [0.15, 0.2) is 0 Å². The van der Waals surface area contributed by atoms with Gasteiger partial charge in [-0.15, -0.1) is 0 Å². The van der Waals surface area contributed by atoms with Crippen molar-refractivity contribution in [3.05, 3.63) is 59.9 Å². The van der Waals surface area contributed by atoms with E-state index in [4.69, 9.17) is 0 Å². The first-order chi connectivity index (χ1) is 10.7. The van der Waals surface area contributed by atoms with Crippen molar-refractivity contribution < 1.29 is 9.90 Å². The minimum absolute atomic E-state index is 0.0400. The van der Waals surface area contributed by atoms with Gasteiger partial charge in [-0.1, -0.05) is 24.3 Å². The van der Waals surface area contributed by atoms with Gasteiger partial charge in [-0.25, -0.2) is 4.98 Å². The molecule has 1 amide bonds. The molecule has 0 radical (unpaired) electrons. The molecular formula is C17H17N3O2. The zero-order valence-electron chi connectivity index (χ0n) is 12.0. The number of hydrogen-bond acceptors (Lipinski definition) is 3. The van der Waals surface area contributed by atoms with Crippen molar-refractivity contribution >= 4 is 16.9 Å². The molecule has 3 rings (SSSR count). The molecular weight excluding hydrogens is 278 g/mol. The number of nitrogens with one attached hydrogen (secondary N) is 2. The highest BCUT2D eigenvalue weighted by molar-refractivity contribution is 5.78. The predicted octanol–water partition coefficient (Wildman–Crippen LogP) is 2.17. The minimum Gasteiger partial charge on any atom is -0.508 e. The first-order valence-electron chi connectivity index (χ1n) is 7.19. The molecule has 0 unspecified atom stereocenters. The molecule has 5 heteroatoms. The van der Waals surface area contributed by atoms with E-state index in [1.807, 2.05) is 24.3 Å². The summed E-state index contributed by atoms with van der Waals surface area (Å²) >= 11 is 0. The topological polar surface area (TPSA) is 78.0 Å². The zero-order valence-corrected chi connectivity index (χ0v) is 12.0. The molecule has 22 heavy (non-hydrogen) atoms. The third-order valence-corrected chi connectivity index (χ3v) is 3.42. The van der Waals surface area contributed by atoms with E-state index >= 15 is 0 Å². The van der Waals surface area contributed by atoms with Crippen LogP contribution in [0.1, 0.15) is 11.4 Å². The number of hydrogen-bond donors (Lipinski definition) is 3. The summed E-state index contributed by atoms with van der Waals surface area (Å²) in [6.07, 6.45) is 0.969. The highest BCUT2D eigenvalue weighted by Gasteiger charge is 2.05. The number of carbonyl (C=O) groups excluding carboxylic acids is 1. The second-order valence-electron chi connectivity index (χ2n) is 5.14. The van der Waals surface area contributed by atoms with Gasteiger partial charge in [-0.2, -0.15) is 0 Å². The SMILES string of the molecule is O=C(Cc1ccc(O)cc1)NCCc1nc2ccccc2[nH]1. The van der Waals surface area contributed by atoms with Gasteiger partial charge in [-0.3, -0.25) is 4.79 Å². The summed E-state index contributed by atoms with van der Waals surface area (Å²) in [7, 11) is 0. The number of H-pyrrole nitrogens is 1. The van der Waals surface area contributed by atoms with E-state index in [0.29, 0.717) is 19.4 Å². The van der Waals surface area contributed by atoms with Crippen LogP contribution in [-0.2, 0) is 17.6 Å². The Balaban J connectivity index is 1.49. The Bertz CT molecular complexity index is 745. The van der Waals surface area contributed by atoms with Crippen LogP contribution in [0.5, 0.6) is 5.75 Å². The quantitative estimate of drug-likeness (QED) is 0.675. The summed E-state index contributed by atoms with van der Waals surface area (Å²) in [5.41, 5.74) is 2.82. The van der Waals surface area contributed by atoms with E-state index in [2.05, 4.69) is 15.3 Å². The molecule has 0 fully saturated rings. The maximum absolute atomic E-state index is 11.9. The van der Waals surface area contributed by atoms with Crippen LogP contribution in [0, 0.1) is 0 Å². The van der Waals surface area contributed by atoms with Crippen molar-refractivity contribution in [2.24, 2.45) is 0 Å². The Morgan fingerprint density at radius 2 is 1.91 bits per heavy atom. The van der Waals surface area contributed by atoms with Gasteiger partial charge in [0.25, 0.3) is 0 Å². The Kier molecular flexibility index (Phi) is 4.05. The number of fused-ring (bicyclic) bond motifs is 1. The molecule has 0 aliphatic heterocycles. The normalized spacial score (nSPS) is 10.7. The van der Waals surface area contributed by atoms with Crippen LogP contribution >= 0.6 is 0 Å². The zero-order chi connectivity index (χ0) is 15.4. The number of para-hydroxylation sites is 2. The highest BCUT2D eigenvalue weighted by Crippen LogP contribution is 2.11. The van der Waals surface area contributed by atoms with Gasteiger partial charge in [-0.05, 0) is 29.8 Å². The van der Waals surface area contributed by atoms with Crippen LogP contribution in [0.4, 0.5) is 0 Å².